The predicted molar refractivity (Wildman–Crippen MR) is 91.6 cm³/mol. The van der Waals surface area contributed by atoms with Crippen LogP contribution in [0.25, 0.3) is 0 Å². The first-order chi connectivity index (χ1) is 10.0. The Morgan fingerprint density at radius 1 is 1.19 bits per heavy atom. The van der Waals surface area contributed by atoms with Gasteiger partial charge in [-0.25, -0.2) is 0 Å². The first kappa shape index (κ1) is 16.5. The largest absolute Gasteiger partial charge is 0.309 e. The second kappa shape index (κ2) is 7.42. The molecular weight excluding hydrogens is 256 g/mol. The van der Waals surface area contributed by atoms with Gasteiger partial charge in [0.15, 0.2) is 0 Å². The summed E-state index contributed by atoms with van der Waals surface area (Å²) in [6, 6.07) is 10.0. The highest BCUT2D eigenvalue weighted by molar-refractivity contribution is 5.25. The Morgan fingerprint density at radius 3 is 2.43 bits per heavy atom. The van der Waals surface area contributed by atoms with Gasteiger partial charge in [0.25, 0.3) is 0 Å². The lowest BCUT2D eigenvalue weighted by atomic mass is 9.86. The van der Waals surface area contributed by atoms with E-state index in [9.17, 15) is 0 Å². The van der Waals surface area contributed by atoms with Crippen molar-refractivity contribution in [2.75, 3.05) is 19.6 Å². The van der Waals surface area contributed by atoms with Gasteiger partial charge in [0, 0.05) is 18.6 Å². The molecule has 1 N–H and O–H groups in total. The van der Waals surface area contributed by atoms with Gasteiger partial charge in [-0.2, -0.15) is 0 Å². The molecule has 1 aromatic carbocycles. The molecule has 1 aliphatic heterocycles. The molecule has 2 rings (SSSR count). The molecule has 1 aliphatic rings. The molecule has 1 fully saturated rings. The normalized spacial score (nSPS) is 26.5. The standard InChI is InChI=1S/C19H32N2/c1-6-20-19(18-9-7-14(2)8-10-18)17(5)21-12-11-15(3)16(4)13-21/h7-10,15-17,19-20H,6,11-13H2,1-5H3. The third kappa shape index (κ3) is 4.08. The van der Waals surface area contributed by atoms with Crippen LogP contribution in [0.2, 0.25) is 0 Å². The molecule has 1 heterocycles. The summed E-state index contributed by atoms with van der Waals surface area (Å²) >= 11 is 0. The topological polar surface area (TPSA) is 15.3 Å². The summed E-state index contributed by atoms with van der Waals surface area (Å²) < 4.78 is 0. The average molecular weight is 288 g/mol. The van der Waals surface area contributed by atoms with Gasteiger partial charge in [-0.3, -0.25) is 4.90 Å². The van der Waals surface area contributed by atoms with Crippen molar-refractivity contribution in [1.29, 1.82) is 0 Å². The van der Waals surface area contributed by atoms with Crippen LogP contribution in [0.3, 0.4) is 0 Å². The van der Waals surface area contributed by atoms with E-state index in [0.717, 1.165) is 18.4 Å². The van der Waals surface area contributed by atoms with Crippen LogP contribution in [0.4, 0.5) is 0 Å². The quantitative estimate of drug-likeness (QED) is 0.880. The van der Waals surface area contributed by atoms with Crippen molar-refractivity contribution < 1.29 is 0 Å². The number of rotatable bonds is 5. The summed E-state index contributed by atoms with van der Waals surface area (Å²) in [7, 11) is 0. The summed E-state index contributed by atoms with van der Waals surface area (Å²) in [5.41, 5.74) is 2.75. The van der Waals surface area contributed by atoms with Crippen LogP contribution in [0.5, 0.6) is 0 Å². The molecule has 4 atom stereocenters. The van der Waals surface area contributed by atoms with Gasteiger partial charge >= 0.3 is 0 Å². The third-order valence-corrected chi connectivity index (χ3v) is 5.28. The van der Waals surface area contributed by atoms with Crippen molar-refractivity contribution in [2.24, 2.45) is 11.8 Å². The number of nitrogens with zero attached hydrogens (tertiary/aromatic N) is 1. The molecule has 1 aromatic rings. The number of aryl methyl sites for hydroxylation is 1. The number of likely N-dealkylation sites (tertiary alicyclic amines) is 1. The average Bonchev–Trinajstić information content (AvgIpc) is 2.48. The highest BCUT2D eigenvalue weighted by Crippen LogP contribution is 2.28. The lowest BCUT2D eigenvalue weighted by Crippen LogP contribution is -2.48. The van der Waals surface area contributed by atoms with Gasteiger partial charge in [-0.1, -0.05) is 50.6 Å². The SMILES string of the molecule is CCNC(c1ccc(C)cc1)C(C)N1CCC(C)C(C)C1. The molecule has 4 unspecified atom stereocenters. The molecule has 0 amide bonds. The monoisotopic (exact) mass is 288 g/mol. The fourth-order valence-corrected chi connectivity index (χ4v) is 3.44. The van der Waals surface area contributed by atoms with Crippen LogP contribution in [0.1, 0.15) is 51.3 Å². The van der Waals surface area contributed by atoms with Crippen LogP contribution in [-0.2, 0) is 0 Å². The number of hydrogen-bond acceptors (Lipinski definition) is 2. The molecule has 21 heavy (non-hydrogen) atoms. The van der Waals surface area contributed by atoms with E-state index in [1.807, 2.05) is 0 Å². The molecule has 118 valence electrons. The molecule has 2 heteroatoms. The van der Waals surface area contributed by atoms with Gasteiger partial charge in [0.2, 0.25) is 0 Å². The van der Waals surface area contributed by atoms with Gasteiger partial charge < -0.3 is 5.32 Å². The zero-order chi connectivity index (χ0) is 15.4. The number of hydrogen-bond donors (Lipinski definition) is 1. The second-order valence-corrected chi connectivity index (χ2v) is 6.92. The van der Waals surface area contributed by atoms with Gasteiger partial charge in [-0.05, 0) is 50.8 Å². The van der Waals surface area contributed by atoms with Crippen molar-refractivity contribution in [1.82, 2.24) is 10.2 Å². The molecule has 0 saturated carbocycles. The second-order valence-electron chi connectivity index (χ2n) is 6.92. The Labute approximate surface area is 130 Å². The number of nitrogens with one attached hydrogen (secondary N) is 1. The van der Waals surface area contributed by atoms with Crippen LogP contribution < -0.4 is 5.32 Å². The van der Waals surface area contributed by atoms with E-state index >= 15 is 0 Å². The van der Waals surface area contributed by atoms with E-state index < -0.39 is 0 Å². The van der Waals surface area contributed by atoms with E-state index in [-0.39, 0.29) is 0 Å². The molecular formula is C19H32N2. The molecule has 0 aliphatic carbocycles. The Morgan fingerprint density at radius 2 is 1.86 bits per heavy atom. The zero-order valence-corrected chi connectivity index (χ0v) is 14.4. The molecule has 0 aromatic heterocycles. The Bertz CT molecular complexity index is 426. The van der Waals surface area contributed by atoms with E-state index in [4.69, 9.17) is 0 Å². The minimum atomic E-state index is 0.427. The minimum Gasteiger partial charge on any atom is -0.309 e. The molecule has 0 spiro atoms. The smallest absolute Gasteiger partial charge is 0.0475 e. The highest BCUT2D eigenvalue weighted by Gasteiger charge is 2.30. The third-order valence-electron chi connectivity index (χ3n) is 5.28. The van der Waals surface area contributed by atoms with E-state index in [2.05, 4.69) is 69.1 Å². The first-order valence-corrected chi connectivity index (χ1v) is 8.57. The van der Waals surface area contributed by atoms with Crippen LogP contribution in [0.15, 0.2) is 24.3 Å². The summed E-state index contributed by atoms with van der Waals surface area (Å²) in [5, 5.41) is 3.70. The first-order valence-electron chi connectivity index (χ1n) is 8.57. The maximum atomic E-state index is 3.70. The van der Waals surface area contributed by atoms with Crippen molar-refractivity contribution in [2.45, 2.75) is 53.1 Å². The maximum absolute atomic E-state index is 3.70. The van der Waals surface area contributed by atoms with Crippen LogP contribution in [-0.4, -0.2) is 30.6 Å². The fourth-order valence-electron chi connectivity index (χ4n) is 3.44. The predicted octanol–water partition coefficient (Wildman–Crippen LogP) is 4.01. The number of piperidine rings is 1. The zero-order valence-electron chi connectivity index (χ0n) is 14.4. The highest BCUT2D eigenvalue weighted by atomic mass is 15.2. The van der Waals surface area contributed by atoms with Crippen LogP contribution >= 0.6 is 0 Å². The summed E-state index contributed by atoms with van der Waals surface area (Å²) in [6.07, 6.45) is 1.33. The Kier molecular flexibility index (Phi) is 5.83. The van der Waals surface area contributed by atoms with Crippen LogP contribution in [0, 0.1) is 18.8 Å². The van der Waals surface area contributed by atoms with E-state index in [0.29, 0.717) is 12.1 Å². The van der Waals surface area contributed by atoms with Gasteiger partial charge in [0.05, 0.1) is 0 Å². The maximum Gasteiger partial charge on any atom is 0.0475 e. The van der Waals surface area contributed by atoms with Crippen molar-refractivity contribution >= 4 is 0 Å². The van der Waals surface area contributed by atoms with Gasteiger partial charge in [-0.15, -0.1) is 0 Å². The van der Waals surface area contributed by atoms with E-state index in [1.165, 1.54) is 30.6 Å². The fraction of sp³-hybridized carbons (Fsp3) is 0.684. The van der Waals surface area contributed by atoms with E-state index in [1.54, 1.807) is 0 Å². The summed E-state index contributed by atoms with van der Waals surface area (Å²) in [5.74, 6) is 1.67. The summed E-state index contributed by atoms with van der Waals surface area (Å²) in [4.78, 5) is 2.68. The summed E-state index contributed by atoms with van der Waals surface area (Å²) in [6.45, 7) is 15.0. The molecule has 0 radical (unpaired) electrons. The lowest BCUT2D eigenvalue weighted by molar-refractivity contribution is 0.0841. The van der Waals surface area contributed by atoms with Crippen molar-refractivity contribution in [3.63, 3.8) is 0 Å². The van der Waals surface area contributed by atoms with Crippen molar-refractivity contribution in [3.8, 4) is 0 Å². The Hall–Kier alpha value is -0.860. The Balaban J connectivity index is 2.11. The van der Waals surface area contributed by atoms with Crippen molar-refractivity contribution in [3.05, 3.63) is 35.4 Å². The number of benzene rings is 1. The van der Waals surface area contributed by atoms with Gasteiger partial charge in [0.1, 0.15) is 0 Å². The molecule has 1 saturated heterocycles. The molecule has 0 bridgehead atoms. The number of likely N-dealkylation sites (N-methyl/N-ethyl adjacent to an activating group) is 1. The minimum absolute atomic E-state index is 0.427. The lowest BCUT2D eigenvalue weighted by Gasteiger charge is -2.42. The molecule has 2 nitrogen and oxygen atoms in total.